The Kier molecular flexibility index (Phi) is 3.99. The number of likely N-dealkylation sites (tertiary alicyclic amines) is 1. The van der Waals surface area contributed by atoms with Gasteiger partial charge in [0.15, 0.2) is 0 Å². The molecule has 0 saturated carbocycles. The van der Waals surface area contributed by atoms with Crippen molar-refractivity contribution in [3.63, 3.8) is 0 Å². The summed E-state index contributed by atoms with van der Waals surface area (Å²) >= 11 is 0. The zero-order chi connectivity index (χ0) is 13.8. The molecule has 3 N–H and O–H groups in total. The van der Waals surface area contributed by atoms with E-state index in [-0.39, 0.29) is 11.9 Å². The van der Waals surface area contributed by atoms with E-state index in [1.807, 2.05) is 12.1 Å². The van der Waals surface area contributed by atoms with Crippen molar-refractivity contribution in [3.8, 4) is 0 Å². The molecule has 0 aliphatic carbocycles. The van der Waals surface area contributed by atoms with Crippen LogP contribution in [0.4, 0.5) is 4.79 Å². The SMILES string of the molecule is CC(NC(N)=O)C(=O)N1CCCC1c1cccnc1. The van der Waals surface area contributed by atoms with Gasteiger partial charge in [0.2, 0.25) is 5.91 Å². The van der Waals surface area contributed by atoms with Crippen LogP contribution < -0.4 is 11.1 Å². The molecule has 1 aromatic rings. The molecule has 1 aliphatic rings. The summed E-state index contributed by atoms with van der Waals surface area (Å²) in [4.78, 5) is 29.0. The van der Waals surface area contributed by atoms with Crippen LogP contribution in [0.2, 0.25) is 0 Å². The standard InChI is InChI=1S/C13H18N4O2/c1-9(16-13(14)19)12(18)17-7-3-5-11(17)10-4-2-6-15-8-10/h2,4,6,8-9,11H,3,5,7H2,1H3,(H3,14,16,19). The second-order valence-corrected chi connectivity index (χ2v) is 4.71. The topological polar surface area (TPSA) is 88.3 Å². The van der Waals surface area contributed by atoms with E-state index in [9.17, 15) is 9.59 Å². The van der Waals surface area contributed by atoms with Gasteiger partial charge >= 0.3 is 6.03 Å². The first-order chi connectivity index (χ1) is 9.09. The van der Waals surface area contributed by atoms with E-state index in [0.29, 0.717) is 6.54 Å². The van der Waals surface area contributed by atoms with Crippen LogP contribution in [-0.4, -0.2) is 34.4 Å². The first-order valence-corrected chi connectivity index (χ1v) is 6.36. The number of hydrogen-bond acceptors (Lipinski definition) is 3. The molecule has 1 aromatic heterocycles. The van der Waals surface area contributed by atoms with E-state index in [2.05, 4.69) is 10.3 Å². The second kappa shape index (κ2) is 5.69. The molecular formula is C13H18N4O2. The number of urea groups is 1. The van der Waals surface area contributed by atoms with Gasteiger partial charge in [0.05, 0.1) is 6.04 Å². The molecule has 3 amide bonds. The number of hydrogen-bond donors (Lipinski definition) is 2. The number of carbonyl (C=O) groups excluding carboxylic acids is 2. The minimum absolute atomic E-state index is 0.0401. The van der Waals surface area contributed by atoms with Crippen molar-refractivity contribution in [1.29, 1.82) is 0 Å². The molecule has 19 heavy (non-hydrogen) atoms. The summed E-state index contributed by atoms with van der Waals surface area (Å²) in [5.74, 6) is -0.106. The second-order valence-electron chi connectivity index (χ2n) is 4.71. The number of nitrogens with zero attached hydrogens (tertiary/aromatic N) is 2. The Labute approximate surface area is 112 Å². The predicted molar refractivity (Wildman–Crippen MR) is 70.1 cm³/mol. The number of primary amides is 1. The molecule has 0 bridgehead atoms. The van der Waals surface area contributed by atoms with Crippen LogP contribution in [0.1, 0.15) is 31.4 Å². The third-order valence-electron chi connectivity index (χ3n) is 3.33. The number of pyridine rings is 1. The van der Waals surface area contributed by atoms with Crippen LogP contribution in [-0.2, 0) is 4.79 Å². The van der Waals surface area contributed by atoms with E-state index >= 15 is 0 Å². The van der Waals surface area contributed by atoms with E-state index in [1.54, 1.807) is 24.2 Å². The fraction of sp³-hybridized carbons (Fsp3) is 0.462. The summed E-state index contributed by atoms with van der Waals surface area (Å²) in [6, 6.07) is 2.59. The van der Waals surface area contributed by atoms with Crippen LogP contribution in [0.3, 0.4) is 0 Å². The molecule has 6 heteroatoms. The van der Waals surface area contributed by atoms with Crippen molar-refractivity contribution >= 4 is 11.9 Å². The summed E-state index contributed by atoms with van der Waals surface area (Å²) in [7, 11) is 0. The van der Waals surface area contributed by atoms with Gasteiger partial charge in [-0.2, -0.15) is 0 Å². The lowest BCUT2D eigenvalue weighted by Gasteiger charge is -2.27. The van der Waals surface area contributed by atoms with E-state index in [4.69, 9.17) is 5.73 Å². The van der Waals surface area contributed by atoms with Gasteiger partial charge < -0.3 is 16.0 Å². The molecule has 0 spiro atoms. The maximum Gasteiger partial charge on any atom is 0.312 e. The number of rotatable bonds is 3. The molecule has 2 atom stereocenters. The highest BCUT2D eigenvalue weighted by molar-refractivity contribution is 5.86. The zero-order valence-corrected chi connectivity index (χ0v) is 10.9. The highest BCUT2D eigenvalue weighted by Gasteiger charge is 2.32. The Balaban J connectivity index is 2.11. The molecule has 2 rings (SSSR count). The largest absolute Gasteiger partial charge is 0.352 e. The molecule has 2 unspecified atom stereocenters. The van der Waals surface area contributed by atoms with Crippen LogP contribution in [0.25, 0.3) is 0 Å². The lowest BCUT2D eigenvalue weighted by molar-refractivity contribution is -0.133. The number of nitrogens with one attached hydrogen (secondary N) is 1. The van der Waals surface area contributed by atoms with Crippen molar-refractivity contribution in [2.45, 2.75) is 31.8 Å². The number of nitrogens with two attached hydrogens (primary N) is 1. The Morgan fingerprint density at radius 2 is 2.37 bits per heavy atom. The fourth-order valence-electron chi connectivity index (χ4n) is 2.47. The van der Waals surface area contributed by atoms with E-state index in [1.165, 1.54) is 0 Å². The molecule has 2 heterocycles. The number of amides is 3. The van der Waals surface area contributed by atoms with Crippen LogP contribution >= 0.6 is 0 Å². The third-order valence-corrected chi connectivity index (χ3v) is 3.33. The zero-order valence-electron chi connectivity index (χ0n) is 10.9. The minimum Gasteiger partial charge on any atom is -0.352 e. The van der Waals surface area contributed by atoms with Gasteiger partial charge in [-0.3, -0.25) is 9.78 Å². The number of aromatic nitrogens is 1. The van der Waals surface area contributed by atoms with Gasteiger partial charge in [-0.05, 0) is 31.4 Å². The molecule has 1 fully saturated rings. The average molecular weight is 262 g/mol. The Hall–Kier alpha value is -2.11. The number of carbonyl (C=O) groups is 2. The maximum atomic E-state index is 12.3. The molecule has 1 saturated heterocycles. The van der Waals surface area contributed by atoms with Gasteiger partial charge in [0.25, 0.3) is 0 Å². The first-order valence-electron chi connectivity index (χ1n) is 6.36. The van der Waals surface area contributed by atoms with Gasteiger partial charge in [-0.25, -0.2) is 4.79 Å². The molecule has 0 aromatic carbocycles. The monoisotopic (exact) mass is 262 g/mol. The normalized spacial score (nSPS) is 20.1. The van der Waals surface area contributed by atoms with Gasteiger partial charge in [0.1, 0.15) is 6.04 Å². The van der Waals surface area contributed by atoms with Crippen molar-refractivity contribution < 1.29 is 9.59 Å². The molecule has 0 radical (unpaired) electrons. The van der Waals surface area contributed by atoms with E-state index < -0.39 is 12.1 Å². The Morgan fingerprint density at radius 1 is 1.58 bits per heavy atom. The lowest BCUT2D eigenvalue weighted by atomic mass is 10.1. The maximum absolute atomic E-state index is 12.3. The average Bonchev–Trinajstić information content (AvgIpc) is 2.87. The van der Waals surface area contributed by atoms with Crippen molar-refractivity contribution in [2.75, 3.05) is 6.54 Å². The molecular weight excluding hydrogens is 244 g/mol. The summed E-state index contributed by atoms with van der Waals surface area (Å²) in [5, 5.41) is 2.42. The van der Waals surface area contributed by atoms with Gasteiger partial charge in [0, 0.05) is 18.9 Å². The minimum atomic E-state index is -0.682. The lowest BCUT2D eigenvalue weighted by Crippen LogP contribution is -2.48. The smallest absolute Gasteiger partial charge is 0.312 e. The van der Waals surface area contributed by atoms with Crippen molar-refractivity contribution in [3.05, 3.63) is 30.1 Å². The summed E-state index contributed by atoms with van der Waals surface area (Å²) in [6.45, 7) is 2.34. The highest BCUT2D eigenvalue weighted by Crippen LogP contribution is 2.31. The highest BCUT2D eigenvalue weighted by atomic mass is 16.2. The van der Waals surface area contributed by atoms with Gasteiger partial charge in [-0.1, -0.05) is 6.07 Å². The van der Waals surface area contributed by atoms with Crippen molar-refractivity contribution in [1.82, 2.24) is 15.2 Å². The van der Waals surface area contributed by atoms with E-state index in [0.717, 1.165) is 18.4 Å². The summed E-state index contributed by atoms with van der Waals surface area (Å²) in [5.41, 5.74) is 6.07. The molecule has 1 aliphatic heterocycles. The van der Waals surface area contributed by atoms with Crippen LogP contribution in [0.5, 0.6) is 0 Å². The third kappa shape index (κ3) is 3.01. The first kappa shape index (κ1) is 13.3. The van der Waals surface area contributed by atoms with Crippen LogP contribution in [0.15, 0.2) is 24.5 Å². The Bertz CT molecular complexity index is 463. The Morgan fingerprint density at radius 3 is 3.00 bits per heavy atom. The summed E-state index contributed by atoms with van der Waals surface area (Å²) in [6.07, 6.45) is 5.36. The van der Waals surface area contributed by atoms with Crippen LogP contribution in [0, 0.1) is 0 Å². The van der Waals surface area contributed by atoms with Gasteiger partial charge in [-0.15, -0.1) is 0 Å². The quantitative estimate of drug-likeness (QED) is 0.844. The fourth-order valence-corrected chi connectivity index (χ4v) is 2.47. The summed E-state index contributed by atoms with van der Waals surface area (Å²) < 4.78 is 0. The molecule has 102 valence electrons. The van der Waals surface area contributed by atoms with Crippen molar-refractivity contribution in [2.24, 2.45) is 5.73 Å². The predicted octanol–water partition coefficient (Wildman–Crippen LogP) is 0.802. The molecule has 6 nitrogen and oxygen atoms in total.